The molecule has 0 aliphatic heterocycles. The van der Waals surface area contributed by atoms with Gasteiger partial charge in [-0.05, 0) is 68.1 Å². The van der Waals surface area contributed by atoms with E-state index in [2.05, 4.69) is 0 Å². The smallest absolute Gasteiger partial charge is 0.416 e. The van der Waals surface area contributed by atoms with Crippen molar-refractivity contribution in [3.63, 3.8) is 0 Å². The molecule has 0 atom stereocenters. The highest BCUT2D eigenvalue weighted by Crippen LogP contribution is 2.38. The highest BCUT2D eigenvalue weighted by atomic mass is 35.5. The van der Waals surface area contributed by atoms with Crippen molar-refractivity contribution in [3.05, 3.63) is 74.6 Å². The van der Waals surface area contributed by atoms with Gasteiger partial charge in [-0.25, -0.2) is 0 Å². The summed E-state index contributed by atoms with van der Waals surface area (Å²) >= 11 is 14.0. The molecule has 0 radical (unpaired) electrons. The number of halogens is 5. The number of carbonyl (C=O) groups excluding carboxylic acids is 1. The second-order valence-corrected chi connectivity index (χ2v) is 10.6. The lowest BCUT2D eigenvalue weighted by Crippen LogP contribution is -2.29. The van der Waals surface area contributed by atoms with E-state index >= 15 is 0 Å². The van der Waals surface area contributed by atoms with Crippen molar-refractivity contribution in [1.82, 2.24) is 0 Å². The van der Waals surface area contributed by atoms with Crippen LogP contribution in [-0.2, 0) is 17.4 Å². The number of benzene rings is 2. The van der Waals surface area contributed by atoms with Crippen molar-refractivity contribution >= 4 is 46.3 Å². The van der Waals surface area contributed by atoms with Crippen molar-refractivity contribution in [2.75, 3.05) is 0 Å². The van der Waals surface area contributed by atoms with Gasteiger partial charge in [0.15, 0.2) is 5.78 Å². The van der Waals surface area contributed by atoms with E-state index in [4.69, 9.17) is 33.0 Å². The molecular weight excluding hydrogens is 536 g/mol. The van der Waals surface area contributed by atoms with Gasteiger partial charge in [0.1, 0.15) is 16.4 Å². The number of rotatable bonds is 10. The molecule has 1 N–H and O–H groups in total. The van der Waals surface area contributed by atoms with E-state index in [1.165, 1.54) is 23.5 Å². The first kappa shape index (κ1) is 28.0. The number of ketones is 1. The topological polar surface area (TPSA) is 63.6 Å². The maximum atomic E-state index is 12.8. The Hall–Kier alpha value is -2.55. The lowest BCUT2D eigenvalue weighted by Gasteiger charge is -2.27. The molecule has 0 fully saturated rings. The van der Waals surface area contributed by atoms with Crippen LogP contribution >= 0.6 is 34.5 Å². The monoisotopic (exact) mass is 558 g/mol. The third-order valence-electron chi connectivity index (χ3n) is 5.45. The van der Waals surface area contributed by atoms with Crippen LogP contribution in [-0.4, -0.2) is 22.5 Å². The molecule has 2 aromatic carbocycles. The molecule has 4 nitrogen and oxygen atoms in total. The second-order valence-electron chi connectivity index (χ2n) is 8.77. The summed E-state index contributed by atoms with van der Waals surface area (Å²) < 4.78 is 44.2. The van der Waals surface area contributed by atoms with E-state index in [-0.39, 0.29) is 35.1 Å². The number of hydrogen-bond acceptors (Lipinski definition) is 4. The molecule has 192 valence electrons. The first-order valence-corrected chi connectivity index (χ1v) is 12.5. The fourth-order valence-electron chi connectivity index (χ4n) is 3.44. The summed E-state index contributed by atoms with van der Waals surface area (Å²) in [7, 11) is 0. The fraction of sp³-hybridized carbons (Fsp3) is 0.308. The van der Waals surface area contributed by atoms with Crippen LogP contribution in [0, 0.1) is 0 Å². The highest BCUT2D eigenvalue weighted by molar-refractivity contribution is 7.17. The first-order valence-electron chi connectivity index (χ1n) is 11.0. The summed E-state index contributed by atoms with van der Waals surface area (Å²) in [4.78, 5) is 24.8. The lowest BCUT2D eigenvalue weighted by atomic mass is 10.0. The summed E-state index contributed by atoms with van der Waals surface area (Å²) in [6.45, 7) is 3.51. The molecule has 10 heteroatoms. The number of alkyl halides is 3. The van der Waals surface area contributed by atoms with E-state index in [1.807, 2.05) is 0 Å². The minimum absolute atomic E-state index is 0.0537. The van der Waals surface area contributed by atoms with Crippen molar-refractivity contribution in [3.8, 4) is 16.2 Å². The van der Waals surface area contributed by atoms with Gasteiger partial charge < -0.3 is 9.84 Å². The SMILES string of the molecule is CC(C)(CCC(=O)O)Oc1ccc(CCC(=O)c2ccc(-c3ccc(C(F)(F)F)cc3)s2)c(Cl)c1Cl. The van der Waals surface area contributed by atoms with Crippen molar-refractivity contribution in [2.45, 2.75) is 51.3 Å². The Labute approximate surface area is 220 Å². The first-order chi connectivity index (χ1) is 16.8. The molecular formula is C26H23Cl2F3O4S. The molecule has 0 amide bonds. The van der Waals surface area contributed by atoms with Gasteiger partial charge in [-0.2, -0.15) is 13.2 Å². The molecule has 36 heavy (non-hydrogen) atoms. The highest BCUT2D eigenvalue weighted by Gasteiger charge is 2.30. The van der Waals surface area contributed by atoms with Crippen molar-refractivity contribution < 1.29 is 32.6 Å². The van der Waals surface area contributed by atoms with Crippen LogP contribution in [0.5, 0.6) is 5.75 Å². The van der Waals surface area contributed by atoms with Gasteiger partial charge >= 0.3 is 12.1 Å². The number of hydrogen-bond donors (Lipinski definition) is 1. The fourth-order valence-corrected chi connectivity index (χ4v) is 4.89. The van der Waals surface area contributed by atoms with E-state index in [1.54, 1.807) is 38.1 Å². The average Bonchev–Trinajstić information content (AvgIpc) is 3.30. The van der Waals surface area contributed by atoms with Gasteiger partial charge in [-0.3, -0.25) is 9.59 Å². The van der Waals surface area contributed by atoms with E-state index < -0.39 is 23.3 Å². The average molecular weight is 559 g/mol. The predicted octanol–water partition coefficient (Wildman–Crippen LogP) is 8.58. The van der Waals surface area contributed by atoms with Crippen molar-refractivity contribution in [2.24, 2.45) is 0 Å². The third-order valence-corrected chi connectivity index (χ3v) is 7.53. The van der Waals surface area contributed by atoms with Gasteiger partial charge in [0.05, 0.1) is 15.5 Å². The number of carboxylic acid groups (broad SMARTS) is 1. The van der Waals surface area contributed by atoms with Crippen LogP contribution in [0.3, 0.4) is 0 Å². The zero-order valence-corrected chi connectivity index (χ0v) is 21.7. The molecule has 0 unspecified atom stereocenters. The van der Waals surface area contributed by atoms with Crippen LogP contribution < -0.4 is 4.74 Å². The Bertz CT molecular complexity index is 1250. The van der Waals surface area contributed by atoms with E-state index in [0.29, 0.717) is 33.1 Å². The van der Waals surface area contributed by atoms with E-state index in [0.717, 1.165) is 12.1 Å². The Morgan fingerprint density at radius 2 is 1.61 bits per heavy atom. The van der Waals surface area contributed by atoms with Crippen LogP contribution in [0.15, 0.2) is 48.5 Å². The quantitative estimate of drug-likeness (QED) is 0.253. The zero-order valence-electron chi connectivity index (χ0n) is 19.4. The molecule has 1 heterocycles. The van der Waals surface area contributed by atoms with Gasteiger partial charge in [0, 0.05) is 17.7 Å². The number of thiophene rings is 1. The maximum Gasteiger partial charge on any atom is 0.416 e. The van der Waals surface area contributed by atoms with Gasteiger partial charge in [-0.15, -0.1) is 11.3 Å². The number of aliphatic carboxylic acids is 1. The maximum absolute atomic E-state index is 12.8. The third kappa shape index (κ3) is 7.24. The van der Waals surface area contributed by atoms with Crippen LogP contribution in [0.1, 0.15) is 53.9 Å². The van der Waals surface area contributed by atoms with Gasteiger partial charge in [0.2, 0.25) is 0 Å². The second kappa shape index (κ2) is 11.2. The number of ether oxygens (including phenoxy) is 1. The molecule has 0 saturated carbocycles. The number of aryl methyl sites for hydroxylation is 1. The molecule has 0 aliphatic carbocycles. The molecule has 3 rings (SSSR count). The van der Waals surface area contributed by atoms with E-state index in [9.17, 15) is 22.8 Å². The Morgan fingerprint density at radius 3 is 2.22 bits per heavy atom. The molecule has 0 aliphatic rings. The van der Waals surface area contributed by atoms with Crippen LogP contribution in [0.2, 0.25) is 10.0 Å². The lowest BCUT2D eigenvalue weighted by molar-refractivity contribution is -0.138. The summed E-state index contributed by atoms with van der Waals surface area (Å²) in [5.74, 6) is -0.722. The largest absolute Gasteiger partial charge is 0.486 e. The minimum Gasteiger partial charge on any atom is -0.486 e. The molecule has 3 aromatic rings. The van der Waals surface area contributed by atoms with Crippen LogP contribution in [0.4, 0.5) is 13.2 Å². The summed E-state index contributed by atoms with van der Waals surface area (Å²) in [5.41, 5.74) is -0.240. The van der Waals surface area contributed by atoms with Gasteiger partial charge in [-0.1, -0.05) is 41.4 Å². The zero-order chi connectivity index (χ0) is 26.7. The summed E-state index contributed by atoms with van der Waals surface area (Å²) in [6, 6.07) is 11.5. The molecule has 1 aromatic heterocycles. The van der Waals surface area contributed by atoms with Crippen LogP contribution in [0.25, 0.3) is 10.4 Å². The molecule has 0 saturated heterocycles. The standard InChI is InChI=1S/C26H23Cl2F3O4S/c1-25(2,14-13-22(33)34)35-19-10-6-16(23(27)24(19)28)5-9-18(32)21-12-11-20(36-21)15-3-7-17(8-4-15)26(29,30)31/h3-4,6-8,10-12H,5,9,13-14H2,1-2H3,(H,33,34). The Kier molecular flexibility index (Phi) is 8.75. The molecule has 0 spiro atoms. The number of Topliss-reactive ketones (excluding diaryl/α,β-unsaturated/α-hetero) is 1. The number of carboxylic acids is 1. The Balaban J connectivity index is 1.64. The molecule has 0 bridgehead atoms. The normalized spacial score (nSPS) is 12.0. The number of carbonyl (C=O) groups is 2. The predicted molar refractivity (Wildman–Crippen MR) is 135 cm³/mol. The van der Waals surface area contributed by atoms with Gasteiger partial charge in [0.25, 0.3) is 0 Å². The summed E-state index contributed by atoms with van der Waals surface area (Å²) in [6.07, 6.45) is -3.69. The summed E-state index contributed by atoms with van der Waals surface area (Å²) in [5, 5.41) is 9.34. The van der Waals surface area contributed by atoms with Crippen molar-refractivity contribution in [1.29, 1.82) is 0 Å². The minimum atomic E-state index is -4.40. The Morgan fingerprint density at radius 1 is 0.944 bits per heavy atom.